The number of hydrogen-bond acceptors (Lipinski definition) is 2. The van der Waals surface area contributed by atoms with Gasteiger partial charge < -0.3 is 4.74 Å². The van der Waals surface area contributed by atoms with E-state index in [-0.39, 0.29) is 5.92 Å². The first-order valence-electron chi connectivity index (χ1n) is 4.62. The second-order valence-electron chi connectivity index (χ2n) is 3.64. The number of ketones is 1. The molecular formula is C10H14O2. The Morgan fingerprint density at radius 1 is 1.67 bits per heavy atom. The van der Waals surface area contributed by atoms with Crippen LogP contribution < -0.4 is 0 Å². The molecule has 0 saturated carbocycles. The van der Waals surface area contributed by atoms with Crippen molar-refractivity contribution in [2.75, 3.05) is 13.2 Å². The normalized spacial score (nSPS) is 34.8. The first kappa shape index (κ1) is 7.99. The molecule has 1 fully saturated rings. The molecule has 0 spiro atoms. The SMILES string of the molecule is CCC1C=C2COCC2CC1=O. The lowest BCUT2D eigenvalue weighted by Gasteiger charge is -2.20. The first-order chi connectivity index (χ1) is 5.81. The van der Waals surface area contributed by atoms with E-state index in [9.17, 15) is 4.79 Å². The molecule has 0 aromatic heterocycles. The van der Waals surface area contributed by atoms with Crippen LogP contribution in [0.2, 0.25) is 0 Å². The van der Waals surface area contributed by atoms with Crippen LogP contribution >= 0.6 is 0 Å². The van der Waals surface area contributed by atoms with Crippen molar-refractivity contribution in [3.8, 4) is 0 Å². The van der Waals surface area contributed by atoms with Gasteiger partial charge in [0.25, 0.3) is 0 Å². The molecule has 2 atom stereocenters. The average molecular weight is 166 g/mol. The number of hydrogen-bond donors (Lipinski definition) is 0. The topological polar surface area (TPSA) is 26.3 Å². The Hall–Kier alpha value is -0.630. The molecule has 1 saturated heterocycles. The highest BCUT2D eigenvalue weighted by molar-refractivity contribution is 5.84. The van der Waals surface area contributed by atoms with E-state index in [1.165, 1.54) is 5.57 Å². The third-order valence-electron chi connectivity index (χ3n) is 2.83. The number of rotatable bonds is 1. The van der Waals surface area contributed by atoms with Crippen LogP contribution in [0.5, 0.6) is 0 Å². The Kier molecular flexibility index (Phi) is 2.01. The molecule has 0 amide bonds. The van der Waals surface area contributed by atoms with E-state index >= 15 is 0 Å². The third-order valence-corrected chi connectivity index (χ3v) is 2.83. The minimum atomic E-state index is 0.179. The molecule has 2 rings (SSSR count). The Balaban J connectivity index is 2.20. The zero-order valence-corrected chi connectivity index (χ0v) is 7.38. The molecule has 0 radical (unpaired) electrons. The van der Waals surface area contributed by atoms with Crippen molar-refractivity contribution < 1.29 is 9.53 Å². The van der Waals surface area contributed by atoms with Crippen LogP contribution in [0.25, 0.3) is 0 Å². The molecule has 2 nitrogen and oxygen atoms in total. The van der Waals surface area contributed by atoms with Crippen molar-refractivity contribution in [1.29, 1.82) is 0 Å². The predicted octanol–water partition coefficient (Wildman–Crippen LogP) is 1.56. The van der Waals surface area contributed by atoms with Gasteiger partial charge in [0.15, 0.2) is 0 Å². The van der Waals surface area contributed by atoms with E-state index in [2.05, 4.69) is 13.0 Å². The summed E-state index contributed by atoms with van der Waals surface area (Å²) in [6.07, 6.45) is 3.78. The summed E-state index contributed by atoms with van der Waals surface area (Å²) in [7, 11) is 0. The predicted molar refractivity (Wildman–Crippen MR) is 45.8 cm³/mol. The van der Waals surface area contributed by atoms with E-state index in [4.69, 9.17) is 4.74 Å². The van der Waals surface area contributed by atoms with E-state index in [0.29, 0.717) is 18.1 Å². The molecule has 2 aliphatic rings. The molecule has 0 aromatic rings. The maximum absolute atomic E-state index is 11.5. The molecule has 0 bridgehead atoms. The standard InChI is InChI=1S/C10H14O2/c1-2-7-3-8-5-12-6-9(8)4-10(7)11/h3,7,9H,2,4-6H2,1H3. The maximum Gasteiger partial charge on any atom is 0.140 e. The van der Waals surface area contributed by atoms with Crippen LogP contribution in [0.1, 0.15) is 19.8 Å². The lowest BCUT2D eigenvalue weighted by Crippen LogP contribution is -2.22. The van der Waals surface area contributed by atoms with Gasteiger partial charge in [0.2, 0.25) is 0 Å². The second-order valence-corrected chi connectivity index (χ2v) is 3.64. The summed E-state index contributed by atoms with van der Waals surface area (Å²) in [5.74, 6) is 0.995. The fraction of sp³-hybridized carbons (Fsp3) is 0.700. The zero-order valence-electron chi connectivity index (χ0n) is 7.38. The summed E-state index contributed by atoms with van der Waals surface area (Å²) in [5.41, 5.74) is 1.36. The third kappa shape index (κ3) is 1.20. The smallest absolute Gasteiger partial charge is 0.140 e. The Labute approximate surface area is 72.6 Å². The molecule has 1 aliphatic carbocycles. The van der Waals surface area contributed by atoms with E-state index in [1.54, 1.807) is 0 Å². The van der Waals surface area contributed by atoms with Crippen LogP contribution in [0.4, 0.5) is 0 Å². The summed E-state index contributed by atoms with van der Waals surface area (Å²) in [6.45, 7) is 3.58. The number of carbonyl (C=O) groups is 1. The highest BCUT2D eigenvalue weighted by Crippen LogP contribution is 2.31. The second kappa shape index (κ2) is 3.02. The number of allylic oxidation sites excluding steroid dienone is 1. The van der Waals surface area contributed by atoms with Crippen LogP contribution in [0.3, 0.4) is 0 Å². The zero-order chi connectivity index (χ0) is 8.55. The van der Waals surface area contributed by atoms with Gasteiger partial charge >= 0.3 is 0 Å². The summed E-state index contributed by atoms with van der Waals surface area (Å²) < 4.78 is 5.31. The van der Waals surface area contributed by atoms with Crippen molar-refractivity contribution >= 4 is 5.78 Å². The van der Waals surface area contributed by atoms with Gasteiger partial charge in [-0.1, -0.05) is 13.0 Å². The van der Waals surface area contributed by atoms with Crippen LogP contribution in [-0.2, 0) is 9.53 Å². The molecule has 66 valence electrons. The van der Waals surface area contributed by atoms with E-state index < -0.39 is 0 Å². The minimum Gasteiger partial charge on any atom is -0.376 e. The molecule has 1 heterocycles. The van der Waals surface area contributed by atoms with E-state index in [0.717, 1.165) is 19.6 Å². The molecule has 2 unspecified atom stereocenters. The van der Waals surface area contributed by atoms with E-state index in [1.807, 2.05) is 0 Å². The van der Waals surface area contributed by atoms with Gasteiger partial charge in [0, 0.05) is 18.3 Å². The maximum atomic E-state index is 11.5. The highest BCUT2D eigenvalue weighted by atomic mass is 16.5. The van der Waals surface area contributed by atoms with Crippen molar-refractivity contribution in [3.05, 3.63) is 11.6 Å². The summed E-state index contributed by atoms with van der Waals surface area (Å²) in [4.78, 5) is 11.5. The molecule has 1 aliphatic heterocycles. The van der Waals surface area contributed by atoms with Crippen LogP contribution in [-0.4, -0.2) is 19.0 Å². The molecule has 12 heavy (non-hydrogen) atoms. The molecular weight excluding hydrogens is 152 g/mol. The molecule has 2 heteroatoms. The van der Waals surface area contributed by atoms with Crippen molar-refractivity contribution in [3.63, 3.8) is 0 Å². The van der Waals surface area contributed by atoms with Gasteiger partial charge in [-0.05, 0) is 12.0 Å². The fourth-order valence-electron chi connectivity index (χ4n) is 2.01. The molecule has 0 aromatic carbocycles. The van der Waals surface area contributed by atoms with Gasteiger partial charge in [0.05, 0.1) is 13.2 Å². The van der Waals surface area contributed by atoms with Crippen molar-refractivity contribution in [2.45, 2.75) is 19.8 Å². The Morgan fingerprint density at radius 2 is 2.50 bits per heavy atom. The lowest BCUT2D eigenvalue weighted by atomic mass is 9.82. The van der Waals surface area contributed by atoms with Gasteiger partial charge in [-0.15, -0.1) is 0 Å². The quantitative estimate of drug-likeness (QED) is 0.552. The van der Waals surface area contributed by atoms with Crippen molar-refractivity contribution in [2.24, 2.45) is 11.8 Å². The lowest BCUT2D eigenvalue weighted by molar-refractivity contribution is -0.122. The van der Waals surface area contributed by atoms with Crippen LogP contribution in [0.15, 0.2) is 11.6 Å². The van der Waals surface area contributed by atoms with Gasteiger partial charge in [-0.25, -0.2) is 0 Å². The number of Topliss-reactive ketones (excluding diaryl/α,β-unsaturated/α-hetero) is 1. The van der Waals surface area contributed by atoms with Crippen molar-refractivity contribution in [1.82, 2.24) is 0 Å². The first-order valence-corrected chi connectivity index (χ1v) is 4.62. The summed E-state index contributed by atoms with van der Waals surface area (Å²) in [5, 5.41) is 0. The fourth-order valence-corrected chi connectivity index (χ4v) is 2.01. The number of fused-ring (bicyclic) bond motifs is 1. The van der Waals surface area contributed by atoms with Gasteiger partial charge in [-0.2, -0.15) is 0 Å². The minimum absolute atomic E-state index is 0.179. The largest absolute Gasteiger partial charge is 0.376 e. The Morgan fingerprint density at radius 3 is 3.25 bits per heavy atom. The monoisotopic (exact) mass is 166 g/mol. The number of carbonyl (C=O) groups excluding carboxylic acids is 1. The van der Waals surface area contributed by atoms with Crippen LogP contribution in [0, 0.1) is 11.8 Å². The molecule has 0 N–H and O–H groups in total. The Bertz CT molecular complexity index is 230. The number of ether oxygens (including phenoxy) is 1. The van der Waals surface area contributed by atoms with Gasteiger partial charge in [0.1, 0.15) is 5.78 Å². The van der Waals surface area contributed by atoms with Gasteiger partial charge in [-0.3, -0.25) is 4.79 Å². The highest BCUT2D eigenvalue weighted by Gasteiger charge is 2.31. The average Bonchev–Trinajstić information content (AvgIpc) is 2.49. The summed E-state index contributed by atoms with van der Waals surface area (Å²) >= 11 is 0. The summed E-state index contributed by atoms with van der Waals surface area (Å²) in [6, 6.07) is 0.